The van der Waals surface area contributed by atoms with Gasteiger partial charge in [-0.25, -0.2) is 0 Å². The van der Waals surface area contributed by atoms with Gasteiger partial charge < -0.3 is 9.47 Å². The maximum atomic E-state index is 13.1. The highest BCUT2D eigenvalue weighted by Crippen LogP contribution is 2.42. The molecule has 0 saturated carbocycles. The number of amides is 1. The van der Waals surface area contributed by atoms with Crippen LogP contribution in [0.25, 0.3) is 6.08 Å². The molecule has 0 N–H and O–H groups in total. The van der Waals surface area contributed by atoms with Gasteiger partial charge in [0.1, 0.15) is 6.61 Å². The van der Waals surface area contributed by atoms with E-state index in [9.17, 15) is 4.79 Å². The quantitative estimate of drug-likeness (QED) is 0.239. The van der Waals surface area contributed by atoms with Crippen LogP contribution in [0.5, 0.6) is 11.5 Å². The molecule has 4 rings (SSSR count). The molecule has 0 spiro atoms. The van der Waals surface area contributed by atoms with Crippen molar-refractivity contribution in [3.05, 3.63) is 91.8 Å². The molecule has 1 heterocycles. The van der Waals surface area contributed by atoms with Gasteiger partial charge in [0.05, 0.1) is 27.7 Å². The molecule has 1 fully saturated rings. The third-order valence-corrected chi connectivity index (χ3v) is 6.84. The fourth-order valence-corrected chi connectivity index (χ4v) is 5.23. The van der Waals surface area contributed by atoms with Crippen LogP contribution in [0, 0.1) is 0 Å². The number of methoxy groups -OCH3 is 1. The highest BCUT2D eigenvalue weighted by molar-refractivity contribution is 8.27. The topological polar surface area (TPSA) is 38.8 Å². The number of rotatable bonds is 6. The number of ether oxygens (including phenoxy) is 2. The number of hydrogen-bond donors (Lipinski definition) is 0. The lowest BCUT2D eigenvalue weighted by atomic mass is 10.1. The van der Waals surface area contributed by atoms with Crippen LogP contribution in [0.1, 0.15) is 11.1 Å². The Hall–Kier alpha value is -2.22. The summed E-state index contributed by atoms with van der Waals surface area (Å²) in [5.41, 5.74) is 2.16. The monoisotopic (exact) mass is 535 g/mol. The molecule has 9 heteroatoms. The number of thiocarbonyl (C=S) groups is 1. The number of halogens is 3. The summed E-state index contributed by atoms with van der Waals surface area (Å²) in [4.78, 5) is 14.9. The van der Waals surface area contributed by atoms with Crippen molar-refractivity contribution in [2.45, 2.75) is 6.61 Å². The molecular weight excluding hydrogens is 521 g/mol. The molecule has 3 aromatic rings. The van der Waals surface area contributed by atoms with E-state index in [0.717, 1.165) is 5.56 Å². The van der Waals surface area contributed by atoms with Crippen LogP contribution < -0.4 is 14.4 Å². The number of anilines is 1. The Morgan fingerprint density at radius 3 is 2.48 bits per heavy atom. The zero-order chi connectivity index (χ0) is 23.5. The van der Waals surface area contributed by atoms with Crippen molar-refractivity contribution < 1.29 is 14.3 Å². The fraction of sp³-hybridized carbons (Fsp3) is 0.0833. The van der Waals surface area contributed by atoms with E-state index < -0.39 is 0 Å². The first-order chi connectivity index (χ1) is 15.9. The maximum Gasteiger partial charge on any atom is 0.270 e. The number of nitrogens with zero attached hydrogens (tertiary/aromatic N) is 1. The zero-order valence-corrected chi connectivity index (χ0v) is 21.1. The van der Waals surface area contributed by atoms with Crippen LogP contribution in [-0.2, 0) is 11.4 Å². The average Bonchev–Trinajstić information content (AvgIpc) is 3.06. The molecule has 1 aliphatic rings. The molecule has 0 atom stereocenters. The van der Waals surface area contributed by atoms with Gasteiger partial charge in [-0.05, 0) is 47.5 Å². The average molecular weight is 537 g/mol. The van der Waals surface area contributed by atoms with Crippen LogP contribution in [0.3, 0.4) is 0 Å². The molecular formula is C24H16Cl3NO3S2. The maximum absolute atomic E-state index is 13.1. The Morgan fingerprint density at radius 2 is 1.79 bits per heavy atom. The van der Waals surface area contributed by atoms with E-state index in [1.807, 2.05) is 30.3 Å². The summed E-state index contributed by atoms with van der Waals surface area (Å²) < 4.78 is 11.8. The van der Waals surface area contributed by atoms with Crippen molar-refractivity contribution in [2.24, 2.45) is 0 Å². The SMILES string of the molecule is COc1cc(/C=C2/SC(=S)N(c3ccc(Cl)cc3Cl)C2=O)cc(Cl)c1OCc1ccccc1. The van der Waals surface area contributed by atoms with Gasteiger partial charge in [-0.3, -0.25) is 9.69 Å². The number of hydrogen-bond acceptors (Lipinski definition) is 5. The zero-order valence-electron chi connectivity index (χ0n) is 17.2. The highest BCUT2D eigenvalue weighted by atomic mass is 35.5. The normalized spacial score (nSPS) is 14.8. The summed E-state index contributed by atoms with van der Waals surface area (Å²) in [6.07, 6.45) is 1.71. The van der Waals surface area contributed by atoms with Gasteiger partial charge in [0.15, 0.2) is 15.8 Å². The minimum Gasteiger partial charge on any atom is -0.493 e. The van der Waals surface area contributed by atoms with Crippen LogP contribution in [-0.4, -0.2) is 17.3 Å². The van der Waals surface area contributed by atoms with Gasteiger partial charge in [-0.1, -0.05) is 89.1 Å². The van der Waals surface area contributed by atoms with Crippen molar-refractivity contribution >= 4 is 80.8 Å². The minimum atomic E-state index is -0.284. The van der Waals surface area contributed by atoms with E-state index in [1.54, 1.807) is 36.4 Å². The molecule has 0 aromatic heterocycles. The van der Waals surface area contributed by atoms with E-state index >= 15 is 0 Å². The first kappa shape index (κ1) is 23.9. The van der Waals surface area contributed by atoms with Crippen molar-refractivity contribution in [1.29, 1.82) is 0 Å². The van der Waals surface area contributed by atoms with E-state index in [0.29, 0.717) is 53.7 Å². The van der Waals surface area contributed by atoms with Gasteiger partial charge in [0.2, 0.25) is 0 Å². The molecule has 1 saturated heterocycles. The predicted molar refractivity (Wildman–Crippen MR) is 141 cm³/mol. The van der Waals surface area contributed by atoms with Crippen LogP contribution in [0.2, 0.25) is 15.1 Å². The molecule has 0 radical (unpaired) electrons. The van der Waals surface area contributed by atoms with Crippen molar-refractivity contribution in [3.63, 3.8) is 0 Å². The molecule has 33 heavy (non-hydrogen) atoms. The summed E-state index contributed by atoms with van der Waals surface area (Å²) >= 11 is 25.4. The molecule has 0 aliphatic carbocycles. The second-order valence-electron chi connectivity index (χ2n) is 6.92. The number of thioether (sulfide) groups is 1. The lowest BCUT2D eigenvalue weighted by Crippen LogP contribution is -2.27. The van der Waals surface area contributed by atoms with E-state index in [2.05, 4.69) is 0 Å². The summed E-state index contributed by atoms with van der Waals surface area (Å²) in [5.74, 6) is 0.607. The standard InChI is InChI=1S/C24H16Cl3NO3S2/c1-30-20-10-15(9-18(27)22(20)31-13-14-5-3-2-4-6-14)11-21-23(29)28(24(32)33-21)19-8-7-16(25)12-17(19)26/h2-12H,13H2,1H3/b21-11+. The van der Waals surface area contributed by atoms with Crippen molar-refractivity contribution in [2.75, 3.05) is 12.0 Å². The largest absolute Gasteiger partial charge is 0.493 e. The van der Waals surface area contributed by atoms with E-state index in [4.69, 9.17) is 56.5 Å². The molecule has 4 nitrogen and oxygen atoms in total. The van der Waals surface area contributed by atoms with Crippen LogP contribution >= 0.6 is 58.8 Å². The Kier molecular flexibility index (Phi) is 7.51. The second kappa shape index (κ2) is 10.4. The number of carbonyl (C=O) groups excluding carboxylic acids is 1. The summed E-state index contributed by atoms with van der Waals surface area (Å²) in [7, 11) is 1.53. The Bertz CT molecular complexity index is 1270. The lowest BCUT2D eigenvalue weighted by Gasteiger charge is -2.16. The Labute approximate surface area is 216 Å². The molecule has 1 aliphatic heterocycles. The molecule has 0 bridgehead atoms. The van der Waals surface area contributed by atoms with E-state index in [1.165, 1.54) is 23.8 Å². The summed E-state index contributed by atoms with van der Waals surface area (Å²) in [5, 5.41) is 1.18. The fourth-order valence-electron chi connectivity index (χ4n) is 3.18. The van der Waals surface area contributed by atoms with Crippen molar-refractivity contribution in [3.8, 4) is 11.5 Å². The van der Waals surface area contributed by atoms with Crippen LogP contribution in [0.15, 0.2) is 65.6 Å². The van der Waals surface area contributed by atoms with E-state index in [-0.39, 0.29) is 5.91 Å². The minimum absolute atomic E-state index is 0.284. The first-order valence-corrected chi connectivity index (χ1v) is 12.0. The van der Waals surface area contributed by atoms with Gasteiger partial charge in [-0.2, -0.15) is 0 Å². The molecule has 3 aromatic carbocycles. The van der Waals surface area contributed by atoms with Gasteiger partial charge >= 0.3 is 0 Å². The number of carbonyl (C=O) groups is 1. The third kappa shape index (κ3) is 5.31. The molecule has 0 unspecified atom stereocenters. The first-order valence-electron chi connectivity index (χ1n) is 9.64. The van der Waals surface area contributed by atoms with Crippen LogP contribution in [0.4, 0.5) is 5.69 Å². The third-order valence-electron chi connectivity index (χ3n) is 4.72. The Balaban J connectivity index is 1.60. The lowest BCUT2D eigenvalue weighted by molar-refractivity contribution is -0.113. The summed E-state index contributed by atoms with van der Waals surface area (Å²) in [6, 6.07) is 18.1. The molecule has 1 amide bonds. The smallest absolute Gasteiger partial charge is 0.270 e. The Morgan fingerprint density at radius 1 is 1.03 bits per heavy atom. The van der Waals surface area contributed by atoms with Gasteiger partial charge in [0, 0.05) is 5.02 Å². The predicted octanol–water partition coefficient (Wildman–Crippen LogP) is 7.64. The number of benzene rings is 3. The molecule has 168 valence electrons. The van der Waals surface area contributed by atoms with Gasteiger partial charge in [-0.15, -0.1) is 0 Å². The second-order valence-corrected chi connectivity index (χ2v) is 9.85. The summed E-state index contributed by atoms with van der Waals surface area (Å²) in [6.45, 7) is 0.344. The van der Waals surface area contributed by atoms with Gasteiger partial charge in [0.25, 0.3) is 5.91 Å². The highest BCUT2D eigenvalue weighted by Gasteiger charge is 2.34. The van der Waals surface area contributed by atoms with Crippen molar-refractivity contribution in [1.82, 2.24) is 0 Å².